The zero-order chi connectivity index (χ0) is 27.6. The first-order valence-corrected chi connectivity index (χ1v) is 12.2. The van der Waals surface area contributed by atoms with Gasteiger partial charge < -0.3 is 24.7 Å². The van der Waals surface area contributed by atoms with Gasteiger partial charge in [0.1, 0.15) is 11.5 Å². The first-order chi connectivity index (χ1) is 18.1. The summed E-state index contributed by atoms with van der Waals surface area (Å²) in [6.07, 6.45) is -0.0827. The number of hydrogen-bond acceptors (Lipinski definition) is 6. The fourth-order valence-corrected chi connectivity index (χ4v) is 4.44. The number of anilines is 1. The van der Waals surface area contributed by atoms with Gasteiger partial charge in [0.05, 0.1) is 23.3 Å². The SMILES string of the molecule is CC(C)Oc1cccc(/C(O)=C2\C(=O)C(=O)N(Cc3ccc(C(=O)O)cc3)C2c2ccc(N(C)C)cc2)c1. The maximum atomic E-state index is 13.4. The number of aliphatic hydroxyl groups is 1. The van der Waals surface area contributed by atoms with Gasteiger partial charge in [0, 0.05) is 31.9 Å². The summed E-state index contributed by atoms with van der Waals surface area (Å²) in [5.41, 5.74) is 2.72. The maximum absolute atomic E-state index is 13.4. The van der Waals surface area contributed by atoms with Crippen LogP contribution in [0, 0.1) is 0 Å². The lowest BCUT2D eigenvalue weighted by atomic mass is 9.94. The number of ketones is 1. The van der Waals surface area contributed by atoms with E-state index in [-0.39, 0.29) is 29.5 Å². The normalized spacial score (nSPS) is 16.7. The summed E-state index contributed by atoms with van der Waals surface area (Å²) in [6, 6.07) is 19.5. The average Bonchev–Trinajstić information content (AvgIpc) is 3.13. The number of carbonyl (C=O) groups is 3. The van der Waals surface area contributed by atoms with Crippen molar-refractivity contribution in [3.05, 3.63) is 101 Å². The molecule has 2 N–H and O–H groups in total. The molecule has 1 saturated heterocycles. The lowest BCUT2D eigenvalue weighted by Crippen LogP contribution is -2.29. The summed E-state index contributed by atoms with van der Waals surface area (Å²) in [5.74, 6) is -2.35. The van der Waals surface area contributed by atoms with Crippen molar-refractivity contribution in [3.8, 4) is 5.75 Å². The molecule has 3 aromatic carbocycles. The minimum atomic E-state index is -1.05. The second-order valence-electron chi connectivity index (χ2n) is 9.61. The van der Waals surface area contributed by atoms with Crippen molar-refractivity contribution in [1.29, 1.82) is 0 Å². The Labute approximate surface area is 221 Å². The van der Waals surface area contributed by atoms with Crippen LogP contribution in [0.15, 0.2) is 78.4 Å². The molecule has 3 aromatic rings. The van der Waals surface area contributed by atoms with E-state index in [1.54, 1.807) is 36.4 Å². The Morgan fingerprint density at radius 1 is 0.947 bits per heavy atom. The molecule has 1 atom stereocenters. The number of hydrogen-bond donors (Lipinski definition) is 2. The highest BCUT2D eigenvalue weighted by Crippen LogP contribution is 2.41. The molecule has 1 amide bonds. The molecule has 1 fully saturated rings. The van der Waals surface area contributed by atoms with Gasteiger partial charge in [-0.05, 0) is 61.4 Å². The van der Waals surface area contributed by atoms with E-state index < -0.39 is 23.7 Å². The van der Waals surface area contributed by atoms with E-state index in [1.165, 1.54) is 17.0 Å². The predicted molar refractivity (Wildman–Crippen MR) is 144 cm³/mol. The van der Waals surface area contributed by atoms with Crippen LogP contribution in [0.3, 0.4) is 0 Å². The molecule has 0 bridgehead atoms. The van der Waals surface area contributed by atoms with Crippen LogP contribution in [0.2, 0.25) is 0 Å². The Hall–Kier alpha value is -4.59. The van der Waals surface area contributed by atoms with E-state index in [9.17, 15) is 24.6 Å². The highest BCUT2D eigenvalue weighted by atomic mass is 16.5. The highest BCUT2D eigenvalue weighted by molar-refractivity contribution is 6.46. The number of Topliss-reactive ketones (excluding diaryl/α,β-unsaturated/α-hetero) is 1. The van der Waals surface area contributed by atoms with Crippen LogP contribution in [-0.4, -0.2) is 53.0 Å². The molecule has 38 heavy (non-hydrogen) atoms. The molecule has 1 heterocycles. The third-order valence-corrected chi connectivity index (χ3v) is 6.30. The van der Waals surface area contributed by atoms with E-state index >= 15 is 0 Å². The smallest absolute Gasteiger partial charge is 0.335 e. The molecule has 1 unspecified atom stereocenters. The number of ether oxygens (including phenoxy) is 1. The molecule has 0 aliphatic carbocycles. The molecule has 1 aliphatic heterocycles. The number of carboxylic acid groups (broad SMARTS) is 1. The Morgan fingerprint density at radius 3 is 2.18 bits per heavy atom. The molecule has 1 aliphatic rings. The summed E-state index contributed by atoms with van der Waals surface area (Å²) in [6.45, 7) is 3.83. The van der Waals surface area contributed by atoms with Crippen LogP contribution in [0.25, 0.3) is 5.76 Å². The van der Waals surface area contributed by atoms with Crippen molar-refractivity contribution in [3.63, 3.8) is 0 Å². The number of likely N-dealkylation sites (tertiary alicyclic amines) is 1. The molecule has 0 radical (unpaired) electrons. The first-order valence-electron chi connectivity index (χ1n) is 12.2. The van der Waals surface area contributed by atoms with Crippen molar-refractivity contribution >= 4 is 29.1 Å². The first kappa shape index (κ1) is 26.5. The largest absolute Gasteiger partial charge is 0.507 e. The van der Waals surface area contributed by atoms with Crippen LogP contribution < -0.4 is 9.64 Å². The number of carboxylic acids is 1. The predicted octanol–water partition coefficient (Wildman–Crippen LogP) is 4.86. The van der Waals surface area contributed by atoms with Gasteiger partial charge in [-0.25, -0.2) is 4.79 Å². The Kier molecular flexibility index (Phi) is 7.52. The van der Waals surface area contributed by atoms with Gasteiger partial charge in [0.25, 0.3) is 11.7 Å². The average molecular weight is 515 g/mol. The van der Waals surface area contributed by atoms with Crippen LogP contribution in [-0.2, 0) is 16.1 Å². The fraction of sp³-hybridized carbons (Fsp3) is 0.233. The second-order valence-corrected chi connectivity index (χ2v) is 9.61. The number of benzene rings is 3. The lowest BCUT2D eigenvalue weighted by Gasteiger charge is -2.26. The minimum absolute atomic E-state index is 0.0172. The monoisotopic (exact) mass is 514 g/mol. The van der Waals surface area contributed by atoms with Gasteiger partial charge in [-0.3, -0.25) is 9.59 Å². The van der Waals surface area contributed by atoms with E-state index in [2.05, 4.69) is 0 Å². The third kappa shape index (κ3) is 5.39. The summed E-state index contributed by atoms with van der Waals surface area (Å²) < 4.78 is 5.75. The van der Waals surface area contributed by atoms with Crippen LogP contribution in [0.5, 0.6) is 5.75 Å². The van der Waals surface area contributed by atoms with E-state index in [0.29, 0.717) is 22.4 Å². The number of nitrogens with zero attached hydrogens (tertiary/aromatic N) is 2. The van der Waals surface area contributed by atoms with Gasteiger partial charge >= 0.3 is 5.97 Å². The van der Waals surface area contributed by atoms with E-state index in [4.69, 9.17) is 4.74 Å². The van der Waals surface area contributed by atoms with Crippen molar-refractivity contribution in [2.24, 2.45) is 0 Å². The molecule has 8 nitrogen and oxygen atoms in total. The number of aromatic carboxylic acids is 1. The van der Waals surface area contributed by atoms with Crippen molar-refractivity contribution < 1.29 is 29.3 Å². The standard InChI is InChI=1S/C30H30N2O6/c1-18(2)38-24-7-5-6-22(16-24)27(33)25-26(20-12-14-23(15-13-20)31(3)4)32(29(35)28(25)34)17-19-8-10-21(11-9-19)30(36)37/h5-16,18,26,33H,17H2,1-4H3,(H,36,37)/b27-25+. The maximum Gasteiger partial charge on any atom is 0.335 e. The van der Waals surface area contributed by atoms with E-state index in [0.717, 1.165) is 5.69 Å². The number of rotatable bonds is 8. The van der Waals surface area contributed by atoms with Gasteiger partial charge in [-0.2, -0.15) is 0 Å². The Morgan fingerprint density at radius 2 is 1.61 bits per heavy atom. The van der Waals surface area contributed by atoms with Crippen LogP contribution in [0.1, 0.15) is 46.9 Å². The Bertz CT molecular complexity index is 1390. The van der Waals surface area contributed by atoms with Crippen LogP contribution >= 0.6 is 0 Å². The zero-order valence-corrected chi connectivity index (χ0v) is 21.7. The Balaban J connectivity index is 1.81. The van der Waals surface area contributed by atoms with E-state index in [1.807, 2.05) is 57.1 Å². The molecule has 8 heteroatoms. The van der Waals surface area contributed by atoms with Gasteiger partial charge in [0.15, 0.2) is 0 Å². The fourth-order valence-electron chi connectivity index (χ4n) is 4.44. The summed E-state index contributed by atoms with van der Waals surface area (Å²) >= 11 is 0. The van der Waals surface area contributed by atoms with Crippen molar-refractivity contribution in [1.82, 2.24) is 4.90 Å². The quantitative estimate of drug-likeness (QED) is 0.251. The molecule has 4 rings (SSSR count). The summed E-state index contributed by atoms with van der Waals surface area (Å²) in [5, 5.41) is 20.6. The molecular weight excluding hydrogens is 484 g/mol. The second kappa shape index (κ2) is 10.8. The number of amides is 1. The van der Waals surface area contributed by atoms with Gasteiger partial charge in [-0.15, -0.1) is 0 Å². The topological polar surface area (TPSA) is 107 Å². The van der Waals surface area contributed by atoms with Gasteiger partial charge in [-0.1, -0.05) is 36.4 Å². The summed E-state index contributed by atoms with van der Waals surface area (Å²) in [7, 11) is 3.82. The molecule has 0 saturated carbocycles. The number of aliphatic hydroxyl groups excluding tert-OH is 1. The number of carbonyl (C=O) groups excluding carboxylic acids is 2. The molecular formula is C30H30N2O6. The van der Waals surface area contributed by atoms with Crippen molar-refractivity contribution in [2.75, 3.05) is 19.0 Å². The molecule has 0 spiro atoms. The minimum Gasteiger partial charge on any atom is -0.507 e. The third-order valence-electron chi connectivity index (χ3n) is 6.30. The molecule has 0 aromatic heterocycles. The zero-order valence-electron chi connectivity index (χ0n) is 21.7. The van der Waals surface area contributed by atoms with Crippen LogP contribution in [0.4, 0.5) is 5.69 Å². The van der Waals surface area contributed by atoms with Gasteiger partial charge in [0.2, 0.25) is 0 Å². The van der Waals surface area contributed by atoms with Crippen molar-refractivity contribution in [2.45, 2.75) is 32.5 Å². The lowest BCUT2D eigenvalue weighted by molar-refractivity contribution is -0.140. The molecule has 196 valence electrons. The highest BCUT2D eigenvalue weighted by Gasteiger charge is 2.46. The summed E-state index contributed by atoms with van der Waals surface area (Å²) in [4.78, 5) is 41.3.